The van der Waals surface area contributed by atoms with Crippen LogP contribution in [0.1, 0.15) is 22.8 Å². The third-order valence-electron chi connectivity index (χ3n) is 5.12. The Bertz CT molecular complexity index is 1160. The van der Waals surface area contributed by atoms with Crippen LogP contribution in [0.15, 0.2) is 51.2 Å². The van der Waals surface area contributed by atoms with Gasteiger partial charge < -0.3 is 14.5 Å². The van der Waals surface area contributed by atoms with Crippen LogP contribution in [0.3, 0.4) is 0 Å². The Morgan fingerprint density at radius 1 is 1.16 bits per heavy atom. The van der Waals surface area contributed by atoms with Gasteiger partial charge in [-0.05, 0) is 19.1 Å². The van der Waals surface area contributed by atoms with E-state index in [-0.39, 0.29) is 23.1 Å². The first-order chi connectivity index (χ1) is 15.4. The number of benzene rings is 1. The first kappa shape index (κ1) is 22.7. The van der Waals surface area contributed by atoms with Gasteiger partial charge in [-0.1, -0.05) is 29.8 Å². The Labute approximate surface area is 191 Å². The minimum absolute atomic E-state index is 0.147. The second kappa shape index (κ2) is 9.95. The molecule has 10 heteroatoms. The summed E-state index contributed by atoms with van der Waals surface area (Å²) in [5.74, 6) is 1.03. The number of sulfonamides is 1. The number of aromatic nitrogens is 1. The Kier molecular flexibility index (Phi) is 7.04. The van der Waals surface area contributed by atoms with Crippen molar-refractivity contribution >= 4 is 27.3 Å². The van der Waals surface area contributed by atoms with Gasteiger partial charge in [0.15, 0.2) is 11.7 Å². The Balaban J connectivity index is 1.26. The summed E-state index contributed by atoms with van der Waals surface area (Å²) in [5.41, 5.74) is 2.11. The maximum Gasteiger partial charge on any atom is 0.252 e. The van der Waals surface area contributed by atoms with E-state index in [4.69, 9.17) is 9.15 Å². The molecule has 1 amide bonds. The number of rotatable bonds is 8. The highest BCUT2D eigenvalue weighted by atomic mass is 32.2. The molecule has 0 bridgehead atoms. The maximum absolute atomic E-state index is 12.7. The number of hydrogen-bond donors (Lipinski definition) is 1. The quantitative estimate of drug-likeness (QED) is 0.537. The summed E-state index contributed by atoms with van der Waals surface area (Å²) < 4.78 is 38.1. The fourth-order valence-electron chi connectivity index (χ4n) is 3.28. The highest BCUT2D eigenvalue weighted by Gasteiger charge is 2.27. The van der Waals surface area contributed by atoms with Crippen LogP contribution in [-0.4, -0.2) is 49.9 Å². The van der Waals surface area contributed by atoms with E-state index >= 15 is 0 Å². The van der Waals surface area contributed by atoms with E-state index < -0.39 is 10.0 Å². The van der Waals surface area contributed by atoms with Gasteiger partial charge in [0.05, 0.1) is 26.0 Å². The van der Waals surface area contributed by atoms with E-state index in [0.717, 1.165) is 10.4 Å². The average molecular weight is 476 g/mol. The molecule has 3 heterocycles. The van der Waals surface area contributed by atoms with Crippen molar-refractivity contribution in [3.05, 3.63) is 58.9 Å². The zero-order valence-corrected chi connectivity index (χ0v) is 19.4. The lowest BCUT2D eigenvalue weighted by atomic mass is 10.1. The number of ether oxygens (including phenoxy) is 1. The number of amides is 1. The van der Waals surface area contributed by atoms with E-state index in [1.54, 1.807) is 18.3 Å². The molecule has 170 valence electrons. The summed E-state index contributed by atoms with van der Waals surface area (Å²) in [4.78, 5) is 17.3. The SMILES string of the molecule is Cc1ccc(-c2cnc(CCC(=O)NCc3ccc(S(=O)(=O)N4CCOCC4)s3)o2)cc1. The van der Waals surface area contributed by atoms with Crippen molar-refractivity contribution in [1.82, 2.24) is 14.6 Å². The second-order valence-electron chi connectivity index (χ2n) is 7.50. The number of carbonyl (C=O) groups excluding carboxylic acids is 1. The number of carbonyl (C=O) groups is 1. The number of aryl methyl sites for hydroxylation is 2. The molecule has 0 atom stereocenters. The summed E-state index contributed by atoms with van der Waals surface area (Å²) in [6, 6.07) is 11.3. The molecule has 1 aromatic carbocycles. The summed E-state index contributed by atoms with van der Waals surface area (Å²) in [6.07, 6.45) is 2.29. The number of morpholine rings is 1. The van der Waals surface area contributed by atoms with Crippen molar-refractivity contribution in [2.45, 2.75) is 30.5 Å². The van der Waals surface area contributed by atoms with Gasteiger partial charge in [-0.25, -0.2) is 13.4 Å². The molecular weight excluding hydrogens is 450 g/mol. The van der Waals surface area contributed by atoms with Gasteiger partial charge in [-0.2, -0.15) is 4.31 Å². The van der Waals surface area contributed by atoms with Crippen LogP contribution in [-0.2, 0) is 32.5 Å². The van der Waals surface area contributed by atoms with Crippen LogP contribution in [0.25, 0.3) is 11.3 Å². The van der Waals surface area contributed by atoms with Gasteiger partial charge in [-0.15, -0.1) is 11.3 Å². The predicted molar refractivity (Wildman–Crippen MR) is 121 cm³/mol. The first-order valence-corrected chi connectivity index (χ1v) is 12.6. The van der Waals surface area contributed by atoms with Crippen LogP contribution < -0.4 is 5.32 Å². The van der Waals surface area contributed by atoms with E-state index in [2.05, 4.69) is 10.3 Å². The van der Waals surface area contributed by atoms with Gasteiger partial charge in [-0.3, -0.25) is 4.79 Å². The monoisotopic (exact) mass is 475 g/mol. The van der Waals surface area contributed by atoms with Crippen molar-refractivity contribution in [2.24, 2.45) is 0 Å². The van der Waals surface area contributed by atoms with E-state index in [1.807, 2.05) is 31.2 Å². The van der Waals surface area contributed by atoms with Crippen molar-refractivity contribution in [1.29, 1.82) is 0 Å². The molecule has 1 N–H and O–H groups in total. The Morgan fingerprint density at radius 2 is 1.91 bits per heavy atom. The molecule has 0 unspecified atom stereocenters. The molecule has 1 saturated heterocycles. The summed E-state index contributed by atoms with van der Waals surface area (Å²) in [7, 11) is -3.51. The molecular formula is C22H25N3O5S2. The molecule has 8 nitrogen and oxygen atoms in total. The van der Waals surface area contributed by atoms with E-state index in [0.29, 0.717) is 44.4 Å². The highest BCUT2D eigenvalue weighted by molar-refractivity contribution is 7.91. The molecule has 32 heavy (non-hydrogen) atoms. The minimum atomic E-state index is -3.51. The summed E-state index contributed by atoms with van der Waals surface area (Å²) in [5, 5.41) is 2.83. The predicted octanol–water partition coefficient (Wildman–Crippen LogP) is 2.98. The lowest BCUT2D eigenvalue weighted by molar-refractivity contribution is -0.121. The molecule has 1 aliphatic rings. The lowest BCUT2D eigenvalue weighted by Gasteiger charge is -2.25. The van der Waals surface area contributed by atoms with Crippen molar-refractivity contribution < 1.29 is 22.4 Å². The second-order valence-corrected chi connectivity index (χ2v) is 10.8. The topological polar surface area (TPSA) is 102 Å². The van der Waals surface area contributed by atoms with Gasteiger partial charge in [0.25, 0.3) is 10.0 Å². The molecule has 3 aromatic rings. The van der Waals surface area contributed by atoms with Crippen LogP contribution in [0.2, 0.25) is 0 Å². The zero-order valence-electron chi connectivity index (χ0n) is 17.7. The molecule has 0 aliphatic carbocycles. The molecule has 0 spiro atoms. The van der Waals surface area contributed by atoms with Crippen LogP contribution >= 0.6 is 11.3 Å². The zero-order chi connectivity index (χ0) is 22.6. The van der Waals surface area contributed by atoms with Crippen molar-refractivity contribution in [3.8, 4) is 11.3 Å². The average Bonchev–Trinajstić information content (AvgIpc) is 3.48. The maximum atomic E-state index is 12.7. The number of oxazole rings is 1. The minimum Gasteiger partial charge on any atom is -0.441 e. The summed E-state index contributed by atoms with van der Waals surface area (Å²) in [6.45, 7) is 3.84. The molecule has 0 saturated carbocycles. The standard InChI is InChI=1S/C22H25N3O5S2/c1-16-2-4-17(5-3-16)19-15-24-21(30-19)8-7-20(26)23-14-18-6-9-22(31-18)32(27,28)25-10-12-29-13-11-25/h2-6,9,15H,7-8,10-14H2,1H3,(H,23,26). The first-order valence-electron chi connectivity index (χ1n) is 10.4. The fraction of sp³-hybridized carbons (Fsp3) is 0.364. The molecule has 0 radical (unpaired) electrons. The third kappa shape index (κ3) is 5.44. The van der Waals surface area contributed by atoms with Gasteiger partial charge in [0, 0.05) is 36.4 Å². The molecule has 1 fully saturated rings. The van der Waals surface area contributed by atoms with Crippen molar-refractivity contribution in [3.63, 3.8) is 0 Å². The Morgan fingerprint density at radius 3 is 2.66 bits per heavy atom. The summed E-state index contributed by atoms with van der Waals surface area (Å²) >= 11 is 1.18. The lowest BCUT2D eigenvalue weighted by Crippen LogP contribution is -2.40. The van der Waals surface area contributed by atoms with E-state index in [1.165, 1.54) is 21.2 Å². The van der Waals surface area contributed by atoms with Crippen LogP contribution in [0.4, 0.5) is 0 Å². The van der Waals surface area contributed by atoms with Gasteiger partial charge in [0.1, 0.15) is 4.21 Å². The highest BCUT2D eigenvalue weighted by Crippen LogP contribution is 2.25. The van der Waals surface area contributed by atoms with Crippen LogP contribution in [0, 0.1) is 6.92 Å². The number of hydrogen-bond acceptors (Lipinski definition) is 7. The third-order valence-corrected chi connectivity index (χ3v) is 8.57. The number of nitrogens with one attached hydrogen (secondary N) is 1. The molecule has 4 rings (SSSR count). The number of nitrogens with zero attached hydrogens (tertiary/aromatic N) is 2. The fourth-order valence-corrected chi connectivity index (χ4v) is 6.14. The normalized spacial score (nSPS) is 15.0. The van der Waals surface area contributed by atoms with Gasteiger partial charge >= 0.3 is 0 Å². The van der Waals surface area contributed by atoms with E-state index in [9.17, 15) is 13.2 Å². The smallest absolute Gasteiger partial charge is 0.252 e. The number of thiophene rings is 1. The van der Waals surface area contributed by atoms with Crippen LogP contribution in [0.5, 0.6) is 0 Å². The molecule has 1 aliphatic heterocycles. The largest absolute Gasteiger partial charge is 0.441 e. The molecule has 2 aromatic heterocycles. The Hall–Kier alpha value is -2.53. The van der Waals surface area contributed by atoms with Gasteiger partial charge in [0.2, 0.25) is 5.91 Å². The van der Waals surface area contributed by atoms with Crippen molar-refractivity contribution in [2.75, 3.05) is 26.3 Å².